The predicted molar refractivity (Wildman–Crippen MR) is 132 cm³/mol. The molecule has 2 saturated heterocycles. The summed E-state index contributed by atoms with van der Waals surface area (Å²) >= 11 is 1.44. The van der Waals surface area contributed by atoms with Gasteiger partial charge in [0.2, 0.25) is 5.91 Å². The van der Waals surface area contributed by atoms with E-state index in [4.69, 9.17) is 0 Å². The SMILES string of the molecule is Cc1cc(CC(=O)N2CC[C@]34CCN(CC5CC5)[C@H](Cc5cc(C)c(O)cc53)[C@]4(O)CC2)ns1. The summed E-state index contributed by atoms with van der Waals surface area (Å²) in [4.78, 5) is 18.9. The number of benzene rings is 1. The zero-order chi connectivity index (χ0) is 23.7. The summed E-state index contributed by atoms with van der Waals surface area (Å²) in [6.07, 6.45) is 5.92. The molecule has 0 unspecified atom stereocenters. The number of amides is 1. The molecule has 34 heavy (non-hydrogen) atoms. The molecular formula is C27H35N3O3S. The van der Waals surface area contributed by atoms with E-state index in [-0.39, 0.29) is 11.9 Å². The fourth-order valence-electron chi connectivity index (χ4n) is 7.07. The lowest BCUT2D eigenvalue weighted by atomic mass is 9.52. The van der Waals surface area contributed by atoms with Crippen LogP contribution in [0, 0.1) is 19.8 Å². The highest BCUT2D eigenvalue weighted by molar-refractivity contribution is 7.05. The second-order valence-corrected chi connectivity index (χ2v) is 12.2. The van der Waals surface area contributed by atoms with Crippen molar-refractivity contribution in [3.63, 3.8) is 0 Å². The van der Waals surface area contributed by atoms with E-state index in [9.17, 15) is 15.0 Å². The van der Waals surface area contributed by atoms with Gasteiger partial charge in [0.25, 0.3) is 0 Å². The number of fused-ring (bicyclic) bond motifs is 1. The van der Waals surface area contributed by atoms with Crippen molar-refractivity contribution in [3.05, 3.63) is 45.5 Å². The lowest BCUT2D eigenvalue weighted by molar-refractivity contribution is -0.149. The number of phenolic OH excluding ortho intramolecular Hbond substituents is 1. The normalized spacial score (nSPS) is 31.0. The van der Waals surface area contributed by atoms with Crippen LogP contribution >= 0.6 is 11.5 Å². The molecule has 182 valence electrons. The van der Waals surface area contributed by atoms with Crippen LogP contribution in [0.2, 0.25) is 0 Å². The third-order valence-electron chi connectivity index (χ3n) is 9.12. The van der Waals surface area contributed by atoms with Crippen molar-refractivity contribution in [2.45, 2.75) is 75.9 Å². The Balaban J connectivity index is 1.35. The molecule has 2 N–H and O–H groups in total. The van der Waals surface area contributed by atoms with E-state index in [1.54, 1.807) is 0 Å². The van der Waals surface area contributed by atoms with E-state index < -0.39 is 11.0 Å². The molecule has 2 bridgehead atoms. The lowest BCUT2D eigenvalue weighted by Gasteiger charge is -2.61. The van der Waals surface area contributed by atoms with Gasteiger partial charge in [0.1, 0.15) is 5.75 Å². The lowest BCUT2D eigenvalue weighted by Crippen LogP contribution is -2.71. The van der Waals surface area contributed by atoms with E-state index in [2.05, 4.69) is 15.3 Å². The van der Waals surface area contributed by atoms with Gasteiger partial charge in [0, 0.05) is 36.0 Å². The highest BCUT2D eigenvalue weighted by Crippen LogP contribution is 2.57. The Morgan fingerprint density at radius 2 is 1.91 bits per heavy atom. The number of aryl methyl sites for hydroxylation is 2. The maximum absolute atomic E-state index is 13.3. The molecule has 2 aliphatic carbocycles. The van der Waals surface area contributed by atoms with Crippen molar-refractivity contribution in [3.8, 4) is 5.75 Å². The van der Waals surface area contributed by atoms with Gasteiger partial charge in [-0.1, -0.05) is 6.07 Å². The molecule has 1 saturated carbocycles. The van der Waals surface area contributed by atoms with Crippen LogP contribution in [0.25, 0.3) is 0 Å². The Labute approximate surface area is 205 Å². The number of piperidine rings is 1. The molecule has 1 amide bonds. The number of aromatic hydroxyl groups is 1. The van der Waals surface area contributed by atoms with Crippen LogP contribution < -0.4 is 0 Å². The van der Waals surface area contributed by atoms with Crippen LogP contribution in [0.4, 0.5) is 0 Å². The molecule has 4 aliphatic rings. The van der Waals surface area contributed by atoms with Gasteiger partial charge < -0.3 is 15.1 Å². The van der Waals surface area contributed by atoms with Gasteiger partial charge >= 0.3 is 0 Å². The van der Waals surface area contributed by atoms with Crippen LogP contribution in [-0.2, 0) is 23.1 Å². The molecule has 3 heterocycles. The van der Waals surface area contributed by atoms with Gasteiger partial charge in [0.15, 0.2) is 0 Å². The summed E-state index contributed by atoms with van der Waals surface area (Å²) in [5.74, 6) is 1.18. The highest BCUT2D eigenvalue weighted by atomic mass is 32.1. The molecule has 3 atom stereocenters. The average Bonchev–Trinajstić information content (AvgIpc) is 3.55. The molecule has 3 fully saturated rings. The Bertz CT molecular complexity index is 1130. The predicted octanol–water partition coefficient (Wildman–Crippen LogP) is 3.34. The molecule has 0 radical (unpaired) electrons. The van der Waals surface area contributed by atoms with Crippen LogP contribution in [0.5, 0.6) is 5.75 Å². The Morgan fingerprint density at radius 1 is 1.15 bits per heavy atom. The number of phenols is 1. The minimum atomic E-state index is -0.902. The molecule has 1 aromatic heterocycles. The van der Waals surface area contributed by atoms with Crippen molar-refractivity contribution in [1.82, 2.24) is 14.2 Å². The fraction of sp³-hybridized carbons (Fsp3) is 0.630. The second kappa shape index (κ2) is 8.04. The first-order valence-corrected chi connectivity index (χ1v) is 13.6. The smallest absolute Gasteiger partial charge is 0.228 e. The van der Waals surface area contributed by atoms with Crippen molar-refractivity contribution in [1.29, 1.82) is 0 Å². The molecule has 1 aromatic carbocycles. The quantitative estimate of drug-likeness (QED) is 0.701. The van der Waals surface area contributed by atoms with E-state index >= 15 is 0 Å². The van der Waals surface area contributed by atoms with Crippen molar-refractivity contribution >= 4 is 17.4 Å². The van der Waals surface area contributed by atoms with Crippen LogP contribution in [0.3, 0.4) is 0 Å². The van der Waals surface area contributed by atoms with Gasteiger partial charge in [-0.2, -0.15) is 4.37 Å². The first-order chi connectivity index (χ1) is 16.3. The van der Waals surface area contributed by atoms with Gasteiger partial charge in [-0.15, -0.1) is 0 Å². The van der Waals surface area contributed by atoms with Gasteiger partial charge in [-0.25, -0.2) is 0 Å². The van der Waals surface area contributed by atoms with E-state index in [0.29, 0.717) is 31.7 Å². The molecule has 7 heteroatoms. The Hall–Kier alpha value is -1.96. The summed E-state index contributed by atoms with van der Waals surface area (Å²) in [6.45, 7) is 7.22. The minimum absolute atomic E-state index is 0.0644. The maximum atomic E-state index is 13.3. The number of aliphatic hydroxyl groups is 1. The third-order valence-corrected chi connectivity index (χ3v) is 9.85. The summed E-state index contributed by atoms with van der Waals surface area (Å²) in [5.41, 5.74) is 2.79. The molecular weight excluding hydrogens is 446 g/mol. The summed E-state index contributed by atoms with van der Waals surface area (Å²) < 4.78 is 4.41. The molecule has 2 aromatic rings. The average molecular weight is 482 g/mol. The zero-order valence-electron chi connectivity index (χ0n) is 20.2. The van der Waals surface area contributed by atoms with E-state index in [0.717, 1.165) is 60.0 Å². The van der Waals surface area contributed by atoms with Crippen molar-refractivity contribution in [2.75, 3.05) is 26.2 Å². The molecule has 0 spiro atoms. The van der Waals surface area contributed by atoms with Crippen molar-refractivity contribution < 1.29 is 15.0 Å². The van der Waals surface area contributed by atoms with Gasteiger partial charge in [-0.3, -0.25) is 9.69 Å². The highest BCUT2D eigenvalue weighted by Gasteiger charge is 2.63. The number of likely N-dealkylation sites (tertiary alicyclic amines) is 2. The second-order valence-electron chi connectivity index (χ2n) is 11.2. The van der Waals surface area contributed by atoms with Crippen LogP contribution in [0.1, 0.15) is 59.4 Å². The number of carbonyl (C=O) groups is 1. The Morgan fingerprint density at radius 3 is 2.65 bits per heavy atom. The molecule has 6 nitrogen and oxygen atoms in total. The first-order valence-electron chi connectivity index (χ1n) is 12.8. The molecule has 6 rings (SSSR count). The number of hydrogen-bond donors (Lipinski definition) is 2. The number of aromatic nitrogens is 1. The van der Waals surface area contributed by atoms with Crippen molar-refractivity contribution in [2.24, 2.45) is 5.92 Å². The topological polar surface area (TPSA) is 76.9 Å². The van der Waals surface area contributed by atoms with E-state index in [1.807, 2.05) is 30.9 Å². The summed E-state index contributed by atoms with van der Waals surface area (Å²) in [6, 6.07) is 6.13. The number of nitrogens with zero attached hydrogens (tertiary/aromatic N) is 3. The van der Waals surface area contributed by atoms with Crippen LogP contribution in [-0.4, -0.2) is 68.1 Å². The van der Waals surface area contributed by atoms with Crippen LogP contribution in [0.15, 0.2) is 18.2 Å². The minimum Gasteiger partial charge on any atom is -0.508 e. The monoisotopic (exact) mass is 481 g/mol. The van der Waals surface area contributed by atoms with E-state index in [1.165, 1.54) is 29.9 Å². The summed E-state index contributed by atoms with van der Waals surface area (Å²) in [7, 11) is 0. The Kier molecular flexibility index (Phi) is 5.32. The molecule has 2 aliphatic heterocycles. The number of carbonyl (C=O) groups excluding carboxylic acids is 1. The number of hydrogen-bond acceptors (Lipinski definition) is 6. The number of rotatable bonds is 4. The third kappa shape index (κ3) is 3.50. The maximum Gasteiger partial charge on any atom is 0.228 e. The standard InChI is InChI=1S/C27H35N3O3S/c1-17-11-20-13-24-27(33)7-10-29(25(32)14-21-12-18(2)34-28-21)8-5-26(27,22(20)15-23(17)31)6-9-30(24)16-19-3-4-19/h11-12,15,19,24,31,33H,3-10,13-14,16H2,1-2H3/t24-,26+,27-/m1/s1. The first kappa shape index (κ1) is 22.5. The largest absolute Gasteiger partial charge is 0.508 e. The fourth-order valence-corrected chi connectivity index (χ4v) is 7.63. The zero-order valence-corrected chi connectivity index (χ0v) is 21.0. The van der Waals surface area contributed by atoms with Gasteiger partial charge in [-0.05, 0) is 105 Å². The van der Waals surface area contributed by atoms with Gasteiger partial charge in [0.05, 0.1) is 17.7 Å². The summed E-state index contributed by atoms with van der Waals surface area (Å²) in [5, 5.41) is 23.2.